The molecule has 38 heavy (non-hydrogen) atoms. The fraction of sp³-hybridized carbons (Fsp3) is 0.429. The molecule has 0 aliphatic rings. The molecule has 0 fully saturated rings. The first-order chi connectivity index (χ1) is 17.9. The third-order valence-corrected chi connectivity index (χ3v) is 5.16. The molecule has 8 nitrogen and oxygen atoms in total. The maximum Gasteiger partial charge on any atom is 0.329 e. The smallest absolute Gasteiger partial charge is 0.329 e. The Hall–Kier alpha value is -3.82. The Morgan fingerprint density at radius 1 is 0.684 bits per heavy atom. The summed E-state index contributed by atoms with van der Waals surface area (Å²) < 4.78 is 37.8. The summed E-state index contributed by atoms with van der Waals surface area (Å²) in [6, 6.07) is 8.34. The molecule has 2 rings (SSSR count). The molecule has 0 bridgehead atoms. The van der Waals surface area contributed by atoms with Crippen molar-refractivity contribution in [3.63, 3.8) is 0 Å². The summed E-state index contributed by atoms with van der Waals surface area (Å²) >= 11 is 0. The van der Waals surface area contributed by atoms with E-state index in [4.69, 9.17) is 9.47 Å². The van der Waals surface area contributed by atoms with Crippen molar-refractivity contribution in [2.24, 2.45) is 11.8 Å². The summed E-state index contributed by atoms with van der Waals surface area (Å²) in [5.74, 6) is -5.00. The zero-order valence-corrected chi connectivity index (χ0v) is 22.0. The minimum atomic E-state index is -1.29. The Balaban J connectivity index is 2.17. The summed E-state index contributed by atoms with van der Waals surface area (Å²) in [4.78, 5) is 50.9. The highest BCUT2D eigenvalue weighted by Gasteiger charge is 2.30. The van der Waals surface area contributed by atoms with Crippen molar-refractivity contribution < 1.29 is 37.4 Å². The molecular weight excluding hydrogens is 498 g/mol. The number of carbonyl (C=O) groups is 4. The standard InChI is InChI=1S/C28H34F2N2O6/c1-17(2)15-37-27(35)23(13-19-7-5-9-21(29)11-19)31-25(33)26(34)32-24(28(36)38-16-18(3)4)14-20-8-6-10-22(30)12-20/h5-12,17-18,23-24H,13-16H2,1-4H3,(H,31,33)(H,32,34). The van der Waals surface area contributed by atoms with Gasteiger partial charge in [0.1, 0.15) is 23.7 Å². The van der Waals surface area contributed by atoms with Crippen molar-refractivity contribution in [2.45, 2.75) is 52.6 Å². The van der Waals surface area contributed by atoms with Crippen LogP contribution in [0.3, 0.4) is 0 Å². The molecule has 0 aliphatic heterocycles. The van der Waals surface area contributed by atoms with E-state index in [2.05, 4.69) is 10.6 Å². The van der Waals surface area contributed by atoms with Gasteiger partial charge in [0.15, 0.2) is 0 Å². The highest BCUT2D eigenvalue weighted by atomic mass is 19.1. The van der Waals surface area contributed by atoms with E-state index in [0.29, 0.717) is 11.1 Å². The monoisotopic (exact) mass is 532 g/mol. The second-order valence-electron chi connectivity index (χ2n) is 9.77. The first-order valence-electron chi connectivity index (χ1n) is 12.4. The van der Waals surface area contributed by atoms with Gasteiger partial charge in [0.05, 0.1) is 13.2 Å². The number of esters is 2. The van der Waals surface area contributed by atoms with E-state index in [0.717, 1.165) is 0 Å². The molecule has 2 amide bonds. The lowest BCUT2D eigenvalue weighted by Crippen LogP contribution is -2.53. The van der Waals surface area contributed by atoms with Gasteiger partial charge in [0.25, 0.3) is 0 Å². The Bertz CT molecular complexity index is 1030. The number of amides is 2. The highest BCUT2D eigenvalue weighted by molar-refractivity contribution is 6.35. The average Bonchev–Trinajstić information content (AvgIpc) is 2.84. The Kier molecular flexibility index (Phi) is 11.8. The number of halogens is 2. The van der Waals surface area contributed by atoms with Crippen molar-refractivity contribution in [1.29, 1.82) is 0 Å². The van der Waals surface area contributed by atoms with Gasteiger partial charge in [-0.1, -0.05) is 52.0 Å². The van der Waals surface area contributed by atoms with Crippen LogP contribution in [0.15, 0.2) is 48.5 Å². The number of ether oxygens (including phenoxy) is 2. The van der Waals surface area contributed by atoms with E-state index in [1.165, 1.54) is 36.4 Å². The summed E-state index contributed by atoms with van der Waals surface area (Å²) in [7, 11) is 0. The first kappa shape index (κ1) is 30.4. The third kappa shape index (κ3) is 10.7. The predicted molar refractivity (Wildman–Crippen MR) is 136 cm³/mol. The molecule has 0 saturated carbocycles. The summed E-state index contributed by atoms with van der Waals surface area (Å²) in [5.41, 5.74) is 0.803. The van der Waals surface area contributed by atoms with Gasteiger partial charge in [-0.05, 0) is 47.2 Å². The van der Waals surface area contributed by atoms with E-state index >= 15 is 0 Å². The van der Waals surface area contributed by atoms with Crippen molar-refractivity contribution >= 4 is 23.8 Å². The molecular formula is C28H34F2N2O6. The fourth-order valence-corrected chi connectivity index (χ4v) is 3.33. The molecule has 2 aromatic carbocycles. The van der Waals surface area contributed by atoms with Crippen molar-refractivity contribution in [3.05, 3.63) is 71.3 Å². The lowest BCUT2D eigenvalue weighted by atomic mass is 10.0. The van der Waals surface area contributed by atoms with E-state index in [1.54, 1.807) is 12.1 Å². The maximum absolute atomic E-state index is 13.7. The highest BCUT2D eigenvalue weighted by Crippen LogP contribution is 2.10. The first-order valence-corrected chi connectivity index (χ1v) is 12.4. The Labute approximate surface area is 221 Å². The number of benzene rings is 2. The van der Waals surface area contributed by atoms with E-state index in [9.17, 15) is 28.0 Å². The molecule has 0 radical (unpaired) electrons. The van der Waals surface area contributed by atoms with Crippen molar-refractivity contribution in [2.75, 3.05) is 13.2 Å². The van der Waals surface area contributed by atoms with Crippen LogP contribution < -0.4 is 10.6 Å². The Morgan fingerprint density at radius 2 is 1.05 bits per heavy atom. The molecule has 0 aromatic heterocycles. The normalized spacial score (nSPS) is 12.5. The fourth-order valence-electron chi connectivity index (χ4n) is 3.33. The molecule has 206 valence electrons. The predicted octanol–water partition coefficient (Wildman–Crippen LogP) is 3.12. The van der Waals surface area contributed by atoms with Gasteiger partial charge in [0.2, 0.25) is 0 Å². The van der Waals surface area contributed by atoms with Gasteiger partial charge in [0, 0.05) is 12.8 Å². The Morgan fingerprint density at radius 3 is 1.37 bits per heavy atom. The summed E-state index contributed by atoms with van der Waals surface area (Å²) in [6.07, 6.45) is -0.256. The van der Waals surface area contributed by atoms with Crippen molar-refractivity contribution in [1.82, 2.24) is 10.6 Å². The summed E-state index contributed by atoms with van der Waals surface area (Å²) in [5, 5.41) is 4.63. The van der Waals surface area contributed by atoms with E-state index in [1.807, 2.05) is 27.7 Å². The van der Waals surface area contributed by atoms with Crippen LogP contribution in [0.4, 0.5) is 8.78 Å². The molecule has 10 heteroatoms. The number of hydrogen-bond donors (Lipinski definition) is 2. The molecule has 2 unspecified atom stereocenters. The van der Waals surface area contributed by atoms with Crippen LogP contribution in [-0.4, -0.2) is 49.1 Å². The van der Waals surface area contributed by atoms with Gasteiger partial charge >= 0.3 is 23.8 Å². The minimum Gasteiger partial charge on any atom is -0.464 e. The van der Waals surface area contributed by atoms with Crippen LogP contribution in [0.1, 0.15) is 38.8 Å². The summed E-state index contributed by atoms with van der Waals surface area (Å²) in [6.45, 7) is 7.49. The number of nitrogens with one attached hydrogen (secondary N) is 2. The molecule has 2 N–H and O–H groups in total. The van der Waals surface area contributed by atoms with Crippen LogP contribution in [0.5, 0.6) is 0 Å². The van der Waals surface area contributed by atoms with Crippen LogP contribution in [0.25, 0.3) is 0 Å². The average molecular weight is 533 g/mol. The molecule has 2 aromatic rings. The topological polar surface area (TPSA) is 111 Å². The quantitative estimate of drug-likeness (QED) is 0.321. The minimum absolute atomic E-state index is 0.0215. The molecule has 0 saturated heterocycles. The van der Waals surface area contributed by atoms with Gasteiger partial charge in [-0.2, -0.15) is 0 Å². The van der Waals surface area contributed by atoms with Gasteiger partial charge in [-0.15, -0.1) is 0 Å². The molecule has 0 aliphatic carbocycles. The van der Waals surface area contributed by atoms with Crippen LogP contribution in [0, 0.1) is 23.5 Å². The lowest BCUT2D eigenvalue weighted by molar-refractivity contribution is -0.152. The SMILES string of the molecule is CC(C)COC(=O)C(Cc1cccc(F)c1)NC(=O)C(=O)NC(Cc1cccc(F)c1)C(=O)OCC(C)C. The maximum atomic E-state index is 13.7. The second-order valence-corrected chi connectivity index (χ2v) is 9.77. The largest absolute Gasteiger partial charge is 0.464 e. The van der Waals surface area contributed by atoms with Crippen LogP contribution >= 0.6 is 0 Å². The van der Waals surface area contributed by atoms with Crippen LogP contribution in [-0.2, 0) is 41.5 Å². The molecule has 0 heterocycles. The zero-order valence-electron chi connectivity index (χ0n) is 22.0. The van der Waals surface area contributed by atoms with E-state index < -0.39 is 47.5 Å². The lowest BCUT2D eigenvalue weighted by Gasteiger charge is -2.21. The molecule has 2 atom stereocenters. The number of carbonyl (C=O) groups excluding carboxylic acids is 4. The number of rotatable bonds is 12. The molecule has 0 spiro atoms. The van der Waals surface area contributed by atoms with Gasteiger partial charge < -0.3 is 20.1 Å². The number of hydrogen-bond acceptors (Lipinski definition) is 6. The van der Waals surface area contributed by atoms with Crippen LogP contribution in [0.2, 0.25) is 0 Å². The van der Waals surface area contributed by atoms with Gasteiger partial charge in [-0.3, -0.25) is 9.59 Å². The van der Waals surface area contributed by atoms with E-state index in [-0.39, 0.29) is 37.9 Å². The zero-order chi connectivity index (χ0) is 28.2. The third-order valence-electron chi connectivity index (χ3n) is 5.16. The van der Waals surface area contributed by atoms with Gasteiger partial charge in [-0.25, -0.2) is 18.4 Å². The second kappa shape index (κ2) is 14.8. The van der Waals surface area contributed by atoms with Crippen molar-refractivity contribution in [3.8, 4) is 0 Å².